The van der Waals surface area contributed by atoms with E-state index in [1.165, 1.54) is 16.5 Å². The lowest BCUT2D eigenvalue weighted by atomic mass is 9.94. The maximum Gasteiger partial charge on any atom is 0.0650 e. The molecule has 0 bridgehead atoms. The number of rotatable bonds is 4. The third-order valence-electron chi connectivity index (χ3n) is 4.12. The van der Waals surface area contributed by atoms with Crippen LogP contribution >= 0.6 is 0 Å². The Morgan fingerprint density at radius 1 is 1.29 bits per heavy atom. The Labute approximate surface area is 125 Å². The van der Waals surface area contributed by atoms with Crippen LogP contribution in [0.4, 0.5) is 0 Å². The van der Waals surface area contributed by atoms with E-state index in [9.17, 15) is 0 Å². The summed E-state index contributed by atoms with van der Waals surface area (Å²) >= 11 is 0. The van der Waals surface area contributed by atoms with Gasteiger partial charge in [-0.15, -0.1) is 0 Å². The van der Waals surface area contributed by atoms with E-state index in [0.29, 0.717) is 12.5 Å². The molecule has 0 aliphatic rings. The second kappa shape index (κ2) is 5.37. The number of para-hydroxylation sites is 1. The molecule has 0 aliphatic carbocycles. The number of aryl methyl sites for hydroxylation is 1. The van der Waals surface area contributed by atoms with Gasteiger partial charge in [-0.25, -0.2) is 0 Å². The number of fused-ring (bicyclic) bond motifs is 1. The number of hydrogen-bond donors (Lipinski definition) is 2. The SMILES string of the molecule is CC(C)c1cc(C(CN)c2cn(C)c3ccccc23)[nH]n1. The molecule has 0 amide bonds. The van der Waals surface area contributed by atoms with Crippen molar-refractivity contribution < 1.29 is 0 Å². The summed E-state index contributed by atoms with van der Waals surface area (Å²) in [5, 5.41) is 8.84. The van der Waals surface area contributed by atoms with Crippen LogP contribution in [0.1, 0.15) is 42.6 Å². The summed E-state index contributed by atoms with van der Waals surface area (Å²) in [7, 11) is 2.08. The third-order valence-corrected chi connectivity index (χ3v) is 4.12. The number of aromatic nitrogens is 3. The number of aromatic amines is 1. The van der Waals surface area contributed by atoms with Crippen LogP contribution in [0, 0.1) is 0 Å². The largest absolute Gasteiger partial charge is 0.350 e. The summed E-state index contributed by atoms with van der Waals surface area (Å²) in [6.45, 7) is 4.86. The summed E-state index contributed by atoms with van der Waals surface area (Å²) in [5.74, 6) is 0.567. The molecule has 4 nitrogen and oxygen atoms in total. The second-order valence-electron chi connectivity index (χ2n) is 5.90. The lowest BCUT2D eigenvalue weighted by Crippen LogP contribution is -2.14. The molecule has 0 aliphatic heterocycles. The average molecular weight is 282 g/mol. The fourth-order valence-corrected chi connectivity index (χ4v) is 2.90. The first-order valence-corrected chi connectivity index (χ1v) is 7.41. The van der Waals surface area contributed by atoms with Crippen LogP contribution in [0.15, 0.2) is 36.5 Å². The number of H-pyrrole nitrogens is 1. The first-order chi connectivity index (χ1) is 10.1. The van der Waals surface area contributed by atoms with Gasteiger partial charge in [0.2, 0.25) is 0 Å². The van der Waals surface area contributed by atoms with E-state index in [1.54, 1.807) is 0 Å². The number of nitrogens with two attached hydrogens (primary N) is 1. The summed E-state index contributed by atoms with van der Waals surface area (Å²) in [6.07, 6.45) is 2.18. The highest BCUT2D eigenvalue weighted by Gasteiger charge is 2.20. The van der Waals surface area contributed by atoms with E-state index < -0.39 is 0 Å². The van der Waals surface area contributed by atoms with Crippen molar-refractivity contribution >= 4 is 10.9 Å². The Kier molecular flexibility index (Phi) is 3.55. The average Bonchev–Trinajstić information content (AvgIpc) is 3.07. The maximum absolute atomic E-state index is 6.07. The van der Waals surface area contributed by atoms with Gasteiger partial charge in [-0.1, -0.05) is 32.0 Å². The molecule has 3 N–H and O–H groups in total. The Morgan fingerprint density at radius 3 is 2.71 bits per heavy atom. The summed E-state index contributed by atoms with van der Waals surface area (Å²) in [5.41, 5.74) is 10.7. The zero-order valence-electron chi connectivity index (χ0n) is 12.8. The molecule has 2 aromatic heterocycles. The van der Waals surface area contributed by atoms with Crippen molar-refractivity contribution in [2.24, 2.45) is 12.8 Å². The van der Waals surface area contributed by atoms with Gasteiger partial charge in [0.25, 0.3) is 0 Å². The van der Waals surface area contributed by atoms with E-state index in [2.05, 4.69) is 72.2 Å². The minimum absolute atomic E-state index is 0.149. The predicted molar refractivity (Wildman–Crippen MR) is 86.5 cm³/mol. The highest BCUT2D eigenvalue weighted by molar-refractivity contribution is 5.84. The molecular formula is C17H22N4. The van der Waals surface area contributed by atoms with Crippen molar-refractivity contribution in [1.82, 2.24) is 14.8 Å². The number of hydrogen-bond acceptors (Lipinski definition) is 2. The van der Waals surface area contributed by atoms with Gasteiger partial charge in [0.05, 0.1) is 5.69 Å². The molecule has 1 aromatic carbocycles. The van der Waals surface area contributed by atoms with E-state index in [1.807, 2.05) is 0 Å². The molecular weight excluding hydrogens is 260 g/mol. The minimum atomic E-state index is 0.149. The van der Waals surface area contributed by atoms with Gasteiger partial charge >= 0.3 is 0 Å². The molecule has 4 heteroatoms. The minimum Gasteiger partial charge on any atom is -0.350 e. The maximum atomic E-state index is 6.07. The highest BCUT2D eigenvalue weighted by Crippen LogP contribution is 2.31. The molecule has 0 fully saturated rings. The van der Waals surface area contributed by atoms with Gasteiger partial charge in [0, 0.05) is 42.3 Å². The lowest BCUT2D eigenvalue weighted by molar-refractivity contribution is 0.772. The number of nitrogens with one attached hydrogen (secondary N) is 1. The zero-order chi connectivity index (χ0) is 15.0. The Morgan fingerprint density at radius 2 is 2.05 bits per heavy atom. The number of benzene rings is 1. The Balaban J connectivity index is 2.09. The van der Waals surface area contributed by atoms with Gasteiger partial charge in [-0.05, 0) is 23.6 Å². The molecule has 1 atom stereocenters. The Bertz CT molecular complexity index is 751. The first kappa shape index (κ1) is 13.9. The smallest absolute Gasteiger partial charge is 0.0650 e. The van der Waals surface area contributed by atoms with Crippen molar-refractivity contribution in [1.29, 1.82) is 0 Å². The molecule has 0 saturated heterocycles. The van der Waals surface area contributed by atoms with Crippen LogP contribution in [0.2, 0.25) is 0 Å². The van der Waals surface area contributed by atoms with Crippen molar-refractivity contribution in [2.45, 2.75) is 25.7 Å². The summed E-state index contributed by atoms with van der Waals surface area (Å²) in [6, 6.07) is 10.6. The topological polar surface area (TPSA) is 59.6 Å². The van der Waals surface area contributed by atoms with Crippen LogP contribution in [0.25, 0.3) is 10.9 Å². The molecule has 0 radical (unpaired) electrons. The van der Waals surface area contributed by atoms with Crippen LogP contribution < -0.4 is 5.73 Å². The van der Waals surface area contributed by atoms with E-state index in [-0.39, 0.29) is 5.92 Å². The fourth-order valence-electron chi connectivity index (χ4n) is 2.90. The molecule has 0 saturated carbocycles. The van der Waals surface area contributed by atoms with Gasteiger partial charge < -0.3 is 10.3 Å². The highest BCUT2D eigenvalue weighted by atomic mass is 15.1. The number of nitrogens with zero attached hydrogens (tertiary/aromatic N) is 2. The molecule has 3 rings (SSSR count). The quantitative estimate of drug-likeness (QED) is 0.772. The third kappa shape index (κ3) is 2.36. The van der Waals surface area contributed by atoms with E-state index >= 15 is 0 Å². The van der Waals surface area contributed by atoms with Gasteiger partial charge in [-0.3, -0.25) is 5.10 Å². The van der Waals surface area contributed by atoms with E-state index in [0.717, 1.165) is 11.4 Å². The van der Waals surface area contributed by atoms with Crippen LogP contribution in [-0.2, 0) is 7.05 Å². The molecule has 21 heavy (non-hydrogen) atoms. The monoisotopic (exact) mass is 282 g/mol. The Hall–Kier alpha value is -2.07. The summed E-state index contributed by atoms with van der Waals surface area (Å²) in [4.78, 5) is 0. The van der Waals surface area contributed by atoms with Crippen LogP contribution in [0.5, 0.6) is 0 Å². The van der Waals surface area contributed by atoms with Gasteiger partial charge in [0.1, 0.15) is 0 Å². The lowest BCUT2D eigenvalue weighted by Gasteiger charge is -2.12. The molecule has 2 heterocycles. The predicted octanol–water partition coefficient (Wildman–Crippen LogP) is 3.12. The van der Waals surface area contributed by atoms with Crippen molar-refractivity contribution in [2.75, 3.05) is 6.54 Å². The first-order valence-electron chi connectivity index (χ1n) is 7.41. The molecule has 0 spiro atoms. The van der Waals surface area contributed by atoms with Crippen LogP contribution in [0.3, 0.4) is 0 Å². The van der Waals surface area contributed by atoms with Crippen molar-refractivity contribution in [3.63, 3.8) is 0 Å². The van der Waals surface area contributed by atoms with Crippen LogP contribution in [-0.4, -0.2) is 21.3 Å². The standard InChI is InChI=1S/C17H22N4/c1-11(2)15-8-16(20-19-15)13(9-18)14-10-21(3)17-7-5-4-6-12(14)17/h4-8,10-11,13H,9,18H2,1-3H3,(H,19,20). The molecule has 3 aromatic rings. The molecule has 1 unspecified atom stereocenters. The molecule has 110 valence electrons. The normalized spacial score (nSPS) is 13.2. The summed E-state index contributed by atoms with van der Waals surface area (Å²) < 4.78 is 2.16. The van der Waals surface area contributed by atoms with Crippen molar-refractivity contribution in [3.05, 3.63) is 53.5 Å². The fraction of sp³-hybridized carbons (Fsp3) is 0.353. The van der Waals surface area contributed by atoms with E-state index in [4.69, 9.17) is 5.73 Å². The zero-order valence-corrected chi connectivity index (χ0v) is 12.8. The second-order valence-corrected chi connectivity index (χ2v) is 5.90. The van der Waals surface area contributed by atoms with Gasteiger partial charge in [0.15, 0.2) is 0 Å². The van der Waals surface area contributed by atoms with Gasteiger partial charge in [-0.2, -0.15) is 5.10 Å². The van der Waals surface area contributed by atoms with Crippen molar-refractivity contribution in [3.8, 4) is 0 Å².